The molecule has 1 N–H and O–H groups in total. The molecule has 3 aromatic rings. The van der Waals surface area contributed by atoms with Gasteiger partial charge in [-0.3, -0.25) is 4.79 Å². The first-order chi connectivity index (χ1) is 9.63. The predicted octanol–water partition coefficient (Wildman–Crippen LogP) is 1.73. The molecule has 7 heteroatoms. The van der Waals surface area contributed by atoms with Gasteiger partial charge in [-0.2, -0.15) is 5.10 Å². The van der Waals surface area contributed by atoms with Crippen molar-refractivity contribution in [2.75, 3.05) is 0 Å². The van der Waals surface area contributed by atoms with E-state index in [4.69, 9.17) is 0 Å². The highest BCUT2D eigenvalue weighted by atomic mass is 32.1. The monoisotopic (exact) mass is 287 g/mol. The molecule has 0 saturated carbocycles. The van der Waals surface area contributed by atoms with E-state index in [9.17, 15) is 4.79 Å². The van der Waals surface area contributed by atoms with Crippen LogP contribution in [0, 0.1) is 13.8 Å². The molecular formula is C13H13N5OS. The smallest absolute Gasteiger partial charge is 0.251 e. The maximum atomic E-state index is 12.1. The van der Waals surface area contributed by atoms with E-state index in [0.717, 1.165) is 15.6 Å². The molecule has 0 bridgehead atoms. The lowest BCUT2D eigenvalue weighted by Crippen LogP contribution is -2.22. The Balaban J connectivity index is 1.74. The second kappa shape index (κ2) is 5.01. The van der Waals surface area contributed by atoms with Crippen LogP contribution in [0.4, 0.5) is 0 Å². The molecular weight excluding hydrogens is 274 g/mol. The molecule has 3 heterocycles. The zero-order valence-corrected chi connectivity index (χ0v) is 11.9. The predicted molar refractivity (Wildman–Crippen MR) is 75.7 cm³/mol. The highest BCUT2D eigenvalue weighted by molar-refractivity contribution is 7.11. The van der Waals surface area contributed by atoms with Crippen LogP contribution in [0.25, 0.3) is 5.65 Å². The molecule has 0 atom stereocenters. The van der Waals surface area contributed by atoms with Crippen LogP contribution in [0.5, 0.6) is 0 Å². The molecule has 0 aliphatic rings. The van der Waals surface area contributed by atoms with Crippen LogP contribution in [0.2, 0.25) is 0 Å². The lowest BCUT2D eigenvalue weighted by Gasteiger charge is -2.04. The number of hydrogen-bond donors (Lipinski definition) is 1. The van der Waals surface area contributed by atoms with Gasteiger partial charge in [0.1, 0.15) is 6.33 Å². The summed E-state index contributed by atoms with van der Waals surface area (Å²) in [4.78, 5) is 21.6. The minimum atomic E-state index is -0.124. The summed E-state index contributed by atoms with van der Waals surface area (Å²) in [6.07, 6.45) is 3.18. The molecule has 0 unspecified atom stereocenters. The SMILES string of the molecule is Cc1nc(C)c(CNC(=O)c2ccn3ncnc3c2)s1. The quantitative estimate of drug-likeness (QED) is 0.796. The van der Waals surface area contributed by atoms with Gasteiger partial charge in [0, 0.05) is 16.6 Å². The van der Waals surface area contributed by atoms with E-state index in [-0.39, 0.29) is 5.91 Å². The average Bonchev–Trinajstić information content (AvgIpc) is 3.01. The van der Waals surface area contributed by atoms with Gasteiger partial charge in [0.2, 0.25) is 0 Å². The summed E-state index contributed by atoms with van der Waals surface area (Å²) in [5.74, 6) is -0.124. The number of aromatic nitrogens is 4. The van der Waals surface area contributed by atoms with Crippen LogP contribution in [0.1, 0.15) is 25.9 Å². The summed E-state index contributed by atoms with van der Waals surface area (Å²) in [5, 5.41) is 7.91. The van der Waals surface area contributed by atoms with Crippen molar-refractivity contribution >= 4 is 22.9 Å². The minimum absolute atomic E-state index is 0.124. The van der Waals surface area contributed by atoms with E-state index in [1.807, 2.05) is 13.8 Å². The van der Waals surface area contributed by atoms with Crippen LogP contribution >= 0.6 is 11.3 Å². The molecule has 0 aliphatic heterocycles. The molecule has 3 aromatic heterocycles. The van der Waals surface area contributed by atoms with Crippen LogP contribution in [-0.4, -0.2) is 25.5 Å². The van der Waals surface area contributed by atoms with Gasteiger partial charge in [0.15, 0.2) is 5.65 Å². The normalized spacial score (nSPS) is 10.9. The van der Waals surface area contributed by atoms with Crippen molar-refractivity contribution in [2.24, 2.45) is 0 Å². The second-order valence-corrected chi connectivity index (χ2v) is 5.69. The van der Waals surface area contributed by atoms with Crippen LogP contribution in [0.15, 0.2) is 24.7 Å². The van der Waals surface area contributed by atoms with E-state index >= 15 is 0 Å². The van der Waals surface area contributed by atoms with E-state index in [0.29, 0.717) is 17.8 Å². The number of carbonyl (C=O) groups is 1. The number of rotatable bonds is 3. The lowest BCUT2D eigenvalue weighted by atomic mass is 10.2. The van der Waals surface area contributed by atoms with E-state index in [1.165, 1.54) is 6.33 Å². The molecule has 1 amide bonds. The molecule has 0 spiro atoms. The van der Waals surface area contributed by atoms with Gasteiger partial charge in [-0.1, -0.05) is 0 Å². The number of amides is 1. The zero-order chi connectivity index (χ0) is 14.1. The molecule has 6 nitrogen and oxygen atoms in total. The molecule has 3 rings (SSSR count). The highest BCUT2D eigenvalue weighted by Gasteiger charge is 2.10. The van der Waals surface area contributed by atoms with Gasteiger partial charge >= 0.3 is 0 Å². The third kappa shape index (κ3) is 2.39. The zero-order valence-electron chi connectivity index (χ0n) is 11.1. The molecule has 0 saturated heterocycles. The van der Waals surface area contributed by atoms with Crippen molar-refractivity contribution in [2.45, 2.75) is 20.4 Å². The second-order valence-electron chi connectivity index (χ2n) is 4.40. The Kier molecular flexibility index (Phi) is 3.19. The summed E-state index contributed by atoms with van der Waals surface area (Å²) in [7, 11) is 0. The van der Waals surface area contributed by atoms with Crippen molar-refractivity contribution < 1.29 is 4.79 Å². The minimum Gasteiger partial charge on any atom is -0.347 e. The van der Waals surface area contributed by atoms with Crippen LogP contribution in [0.3, 0.4) is 0 Å². The Hall–Kier alpha value is -2.28. The van der Waals surface area contributed by atoms with Crippen molar-refractivity contribution in [1.29, 1.82) is 0 Å². The van der Waals surface area contributed by atoms with E-state index in [1.54, 1.807) is 34.2 Å². The number of nitrogens with one attached hydrogen (secondary N) is 1. The molecule has 20 heavy (non-hydrogen) atoms. The van der Waals surface area contributed by atoms with Crippen molar-refractivity contribution in [3.63, 3.8) is 0 Å². The maximum Gasteiger partial charge on any atom is 0.251 e. The van der Waals surface area contributed by atoms with Crippen molar-refractivity contribution in [1.82, 2.24) is 24.9 Å². The Morgan fingerprint density at radius 2 is 2.30 bits per heavy atom. The first-order valence-electron chi connectivity index (χ1n) is 6.14. The first-order valence-corrected chi connectivity index (χ1v) is 6.95. The third-order valence-electron chi connectivity index (χ3n) is 2.95. The fraction of sp³-hybridized carbons (Fsp3) is 0.231. The van der Waals surface area contributed by atoms with E-state index < -0.39 is 0 Å². The molecule has 0 aromatic carbocycles. The topological polar surface area (TPSA) is 72.2 Å². The molecule has 102 valence electrons. The van der Waals surface area contributed by atoms with Gasteiger partial charge in [-0.05, 0) is 26.0 Å². The lowest BCUT2D eigenvalue weighted by molar-refractivity contribution is 0.0951. The van der Waals surface area contributed by atoms with Gasteiger partial charge < -0.3 is 5.32 Å². The van der Waals surface area contributed by atoms with Gasteiger partial charge in [-0.15, -0.1) is 11.3 Å². The molecule has 0 radical (unpaired) electrons. The summed E-state index contributed by atoms with van der Waals surface area (Å²) in [5.41, 5.74) is 2.20. The van der Waals surface area contributed by atoms with E-state index in [2.05, 4.69) is 20.4 Å². The van der Waals surface area contributed by atoms with Gasteiger partial charge in [-0.25, -0.2) is 14.5 Å². The average molecular weight is 287 g/mol. The summed E-state index contributed by atoms with van der Waals surface area (Å²) in [6.45, 7) is 4.41. The summed E-state index contributed by atoms with van der Waals surface area (Å²) >= 11 is 1.60. The molecule has 0 fully saturated rings. The third-order valence-corrected chi connectivity index (χ3v) is 4.02. The fourth-order valence-corrected chi connectivity index (χ4v) is 2.83. The number of carbonyl (C=O) groups excluding carboxylic acids is 1. The standard InChI is InChI=1S/C13H13N5OS/c1-8-11(20-9(2)17-8)6-14-13(19)10-3-4-18-12(5-10)15-7-16-18/h3-5,7H,6H2,1-2H3,(H,14,19). The Morgan fingerprint density at radius 3 is 3.05 bits per heavy atom. The number of nitrogens with zero attached hydrogens (tertiary/aromatic N) is 4. The number of thiazole rings is 1. The Bertz CT molecular complexity index is 776. The maximum absolute atomic E-state index is 12.1. The summed E-state index contributed by atoms with van der Waals surface area (Å²) in [6, 6.07) is 3.44. The van der Waals surface area contributed by atoms with Crippen LogP contribution < -0.4 is 5.32 Å². The number of aryl methyl sites for hydroxylation is 2. The van der Waals surface area contributed by atoms with Crippen molar-refractivity contribution in [3.05, 3.63) is 45.8 Å². The van der Waals surface area contributed by atoms with Gasteiger partial charge in [0.05, 0.1) is 17.2 Å². The van der Waals surface area contributed by atoms with Gasteiger partial charge in [0.25, 0.3) is 5.91 Å². The largest absolute Gasteiger partial charge is 0.347 e. The first kappa shape index (κ1) is 12.7. The summed E-state index contributed by atoms with van der Waals surface area (Å²) < 4.78 is 1.62. The molecule has 0 aliphatic carbocycles. The van der Waals surface area contributed by atoms with Crippen LogP contribution in [-0.2, 0) is 6.54 Å². The number of hydrogen-bond acceptors (Lipinski definition) is 5. The number of fused-ring (bicyclic) bond motifs is 1. The Labute approximate surface area is 119 Å². The Morgan fingerprint density at radius 1 is 1.45 bits per heavy atom. The highest BCUT2D eigenvalue weighted by Crippen LogP contribution is 2.16. The fourth-order valence-electron chi connectivity index (χ4n) is 1.96. The van der Waals surface area contributed by atoms with Crippen molar-refractivity contribution in [3.8, 4) is 0 Å². The number of pyridine rings is 1.